The van der Waals surface area contributed by atoms with Crippen LogP contribution >= 0.6 is 0 Å². The average Bonchev–Trinajstić information content (AvgIpc) is 3.36. The number of hydrogen-bond donors (Lipinski definition) is 2. The van der Waals surface area contributed by atoms with Crippen molar-refractivity contribution >= 4 is 17.8 Å². The third-order valence-corrected chi connectivity index (χ3v) is 5.52. The first-order valence-corrected chi connectivity index (χ1v) is 10.3. The quantitative estimate of drug-likeness (QED) is 0.444. The number of carboxylic acid groups (broad SMARTS) is 2. The molecule has 0 aromatic carbocycles. The van der Waals surface area contributed by atoms with Crippen molar-refractivity contribution in [2.45, 2.75) is 30.9 Å². The molecule has 2 fully saturated rings. The molecule has 2 aliphatic heterocycles. The number of imidazole rings is 1. The fraction of sp³-hybridized carbons (Fsp3) is 0.600. The zero-order valence-corrected chi connectivity index (χ0v) is 19.5. The Morgan fingerprint density at radius 1 is 1.08 bits per heavy atom. The summed E-state index contributed by atoms with van der Waals surface area (Å²) < 4.78 is 65.5. The standard InChI is InChI=1S/C16H25N5O.2C2HF3O2/c1-4-6-21-9-8-18(2)15(22)16(21)5-7-20(12-16)11-14-10-17-13-19(14)3;2*3-2(4,5)1(6)7/h4,10,13H,1,5-9,11-12H2,2-3H3;2*(H,6,7). The normalized spacial score (nSPS) is 20.9. The maximum absolute atomic E-state index is 12.9. The SMILES string of the molecule is C=CCN1CCN(C)C(=O)C12CCN(Cc1cncn1C)C2.O=C(O)C(F)(F)F.O=C(O)C(F)(F)F. The summed E-state index contributed by atoms with van der Waals surface area (Å²) in [6, 6.07) is 0. The summed E-state index contributed by atoms with van der Waals surface area (Å²) in [6.07, 6.45) is -3.64. The summed E-state index contributed by atoms with van der Waals surface area (Å²) in [7, 11) is 3.93. The van der Waals surface area contributed by atoms with Gasteiger partial charge in [-0.15, -0.1) is 6.58 Å². The zero-order valence-electron chi connectivity index (χ0n) is 19.5. The van der Waals surface area contributed by atoms with Crippen molar-refractivity contribution in [3.8, 4) is 0 Å². The first kappa shape index (κ1) is 30.9. The summed E-state index contributed by atoms with van der Waals surface area (Å²) in [5.74, 6) is -5.26. The van der Waals surface area contributed by atoms with E-state index >= 15 is 0 Å². The van der Waals surface area contributed by atoms with Crippen LogP contribution in [-0.4, -0.2) is 110 Å². The molecule has 3 heterocycles. The van der Waals surface area contributed by atoms with Gasteiger partial charge in [0, 0.05) is 59.6 Å². The van der Waals surface area contributed by atoms with Crippen LogP contribution in [0.1, 0.15) is 12.1 Å². The Morgan fingerprint density at radius 3 is 2.03 bits per heavy atom. The molecule has 1 unspecified atom stereocenters. The molecule has 0 saturated carbocycles. The molecule has 1 aromatic heterocycles. The van der Waals surface area contributed by atoms with Crippen molar-refractivity contribution in [3.63, 3.8) is 0 Å². The molecular formula is C20H27F6N5O5. The van der Waals surface area contributed by atoms with Crippen LogP contribution in [0.2, 0.25) is 0 Å². The van der Waals surface area contributed by atoms with Crippen LogP contribution in [0.25, 0.3) is 0 Å². The average molecular weight is 531 g/mol. The molecule has 10 nitrogen and oxygen atoms in total. The number of hydrogen-bond acceptors (Lipinski definition) is 6. The Balaban J connectivity index is 0.000000383. The lowest BCUT2D eigenvalue weighted by Gasteiger charge is -2.46. The van der Waals surface area contributed by atoms with E-state index in [1.165, 1.54) is 5.69 Å². The highest BCUT2D eigenvalue weighted by atomic mass is 19.4. The number of aryl methyl sites for hydroxylation is 1. The maximum Gasteiger partial charge on any atom is 0.490 e. The molecule has 36 heavy (non-hydrogen) atoms. The van der Waals surface area contributed by atoms with E-state index in [2.05, 4.69) is 21.4 Å². The Bertz CT molecular complexity index is 911. The number of likely N-dealkylation sites (tertiary alicyclic amines) is 1. The largest absolute Gasteiger partial charge is 0.490 e. The van der Waals surface area contributed by atoms with Gasteiger partial charge in [0.25, 0.3) is 0 Å². The summed E-state index contributed by atoms with van der Waals surface area (Å²) in [5, 5.41) is 14.2. The van der Waals surface area contributed by atoms with Gasteiger partial charge in [0.15, 0.2) is 0 Å². The molecule has 2 aliphatic rings. The van der Waals surface area contributed by atoms with Gasteiger partial charge in [-0.25, -0.2) is 14.6 Å². The number of piperazine rings is 1. The van der Waals surface area contributed by atoms with Crippen LogP contribution < -0.4 is 0 Å². The first-order chi connectivity index (χ1) is 16.5. The molecular weight excluding hydrogens is 504 g/mol. The number of aromatic nitrogens is 2. The smallest absolute Gasteiger partial charge is 0.475 e. The molecule has 1 aromatic rings. The highest BCUT2D eigenvalue weighted by Crippen LogP contribution is 2.33. The van der Waals surface area contributed by atoms with E-state index in [0.29, 0.717) is 0 Å². The monoisotopic (exact) mass is 531 g/mol. The summed E-state index contributed by atoms with van der Waals surface area (Å²) in [4.78, 5) is 41.4. The molecule has 204 valence electrons. The number of halogens is 6. The Hall–Kier alpha value is -3.14. The highest BCUT2D eigenvalue weighted by Gasteiger charge is 2.52. The molecule has 1 amide bonds. The minimum Gasteiger partial charge on any atom is -0.475 e. The summed E-state index contributed by atoms with van der Waals surface area (Å²) in [6.45, 7) is 8.93. The Labute approximate surface area is 202 Å². The molecule has 0 radical (unpaired) electrons. The minimum atomic E-state index is -5.08. The maximum atomic E-state index is 12.9. The number of carbonyl (C=O) groups is 3. The minimum absolute atomic E-state index is 0.258. The van der Waals surface area contributed by atoms with Crippen LogP contribution in [0.5, 0.6) is 0 Å². The van der Waals surface area contributed by atoms with Gasteiger partial charge in [-0.3, -0.25) is 14.6 Å². The topological polar surface area (TPSA) is 119 Å². The van der Waals surface area contributed by atoms with Gasteiger partial charge in [0.05, 0.1) is 12.0 Å². The van der Waals surface area contributed by atoms with Crippen LogP contribution in [0, 0.1) is 0 Å². The number of nitrogens with zero attached hydrogens (tertiary/aromatic N) is 5. The lowest BCUT2D eigenvalue weighted by atomic mass is 9.91. The fourth-order valence-corrected chi connectivity index (χ4v) is 3.70. The van der Waals surface area contributed by atoms with Gasteiger partial charge in [-0.2, -0.15) is 26.3 Å². The Kier molecular flexibility index (Phi) is 10.5. The zero-order chi connectivity index (χ0) is 27.9. The van der Waals surface area contributed by atoms with E-state index in [0.717, 1.165) is 45.7 Å². The van der Waals surface area contributed by atoms with Crippen molar-refractivity contribution in [3.05, 3.63) is 30.9 Å². The van der Waals surface area contributed by atoms with E-state index in [9.17, 15) is 31.1 Å². The molecule has 2 N–H and O–H groups in total. The lowest BCUT2D eigenvalue weighted by molar-refractivity contribution is -0.193. The second-order valence-corrected chi connectivity index (χ2v) is 8.06. The number of amides is 1. The van der Waals surface area contributed by atoms with Gasteiger partial charge in [0.1, 0.15) is 5.54 Å². The van der Waals surface area contributed by atoms with E-state index in [-0.39, 0.29) is 11.4 Å². The predicted octanol–water partition coefficient (Wildman–Crippen LogP) is 1.59. The third-order valence-electron chi connectivity index (χ3n) is 5.52. The number of likely N-dealkylation sites (N-methyl/N-ethyl adjacent to an activating group) is 1. The molecule has 3 rings (SSSR count). The van der Waals surface area contributed by atoms with Crippen LogP contribution in [-0.2, 0) is 28.0 Å². The first-order valence-electron chi connectivity index (χ1n) is 10.3. The summed E-state index contributed by atoms with van der Waals surface area (Å²) >= 11 is 0. The van der Waals surface area contributed by atoms with Crippen molar-refractivity contribution in [2.24, 2.45) is 7.05 Å². The molecule has 2 saturated heterocycles. The van der Waals surface area contributed by atoms with E-state index < -0.39 is 24.3 Å². The molecule has 1 spiro atoms. The van der Waals surface area contributed by atoms with Crippen molar-refractivity contribution in [1.29, 1.82) is 0 Å². The van der Waals surface area contributed by atoms with E-state index in [1.54, 1.807) is 0 Å². The number of alkyl halides is 6. The lowest BCUT2D eigenvalue weighted by Crippen LogP contribution is -2.66. The Morgan fingerprint density at radius 2 is 1.61 bits per heavy atom. The summed E-state index contributed by atoms with van der Waals surface area (Å²) in [5.41, 5.74) is 0.809. The van der Waals surface area contributed by atoms with Gasteiger partial charge in [-0.05, 0) is 6.42 Å². The van der Waals surface area contributed by atoms with Crippen molar-refractivity contribution in [1.82, 2.24) is 24.3 Å². The van der Waals surface area contributed by atoms with E-state index in [1.807, 2.05) is 42.2 Å². The number of carboxylic acids is 2. The van der Waals surface area contributed by atoms with E-state index in [4.69, 9.17) is 19.8 Å². The number of carbonyl (C=O) groups excluding carboxylic acids is 1. The van der Waals surface area contributed by atoms with Crippen molar-refractivity contribution in [2.75, 3.05) is 39.8 Å². The predicted molar refractivity (Wildman–Crippen MR) is 113 cm³/mol. The highest BCUT2D eigenvalue weighted by molar-refractivity contribution is 5.87. The number of aliphatic carboxylic acids is 2. The molecule has 0 aliphatic carbocycles. The van der Waals surface area contributed by atoms with Gasteiger partial charge < -0.3 is 19.7 Å². The van der Waals surface area contributed by atoms with Gasteiger partial charge >= 0.3 is 24.3 Å². The molecule has 0 bridgehead atoms. The second-order valence-electron chi connectivity index (χ2n) is 8.06. The van der Waals surface area contributed by atoms with Crippen molar-refractivity contribution < 1.29 is 50.9 Å². The fourth-order valence-electron chi connectivity index (χ4n) is 3.70. The van der Waals surface area contributed by atoms with Crippen LogP contribution in [0.15, 0.2) is 25.2 Å². The van der Waals surface area contributed by atoms with Gasteiger partial charge in [0.2, 0.25) is 5.91 Å². The number of rotatable bonds is 4. The van der Waals surface area contributed by atoms with Gasteiger partial charge in [-0.1, -0.05) is 6.08 Å². The third kappa shape index (κ3) is 8.22. The molecule has 16 heteroatoms. The second kappa shape index (κ2) is 12.2. The van der Waals surface area contributed by atoms with Crippen LogP contribution in [0.3, 0.4) is 0 Å². The molecule has 1 atom stereocenters. The van der Waals surface area contributed by atoms with Crippen LogP contribution in [0.4, 0.5) is 26.3 Å².